The van der Waals surface area contributed by atoms with Gasteiger partial charge in [0.1, 0.15) is 17.4 Å². The van der Waals surface area contributed by atoms with Crippen molar-refractivity contribution in [1.29, 1.82) is 0 Å². The Labute approximate surface area is 122 Å². The molecule has 4 rings (SSSR count). The topological polar surface area (TPSA) is 49.4 Å². The summed E-state index contributed by atoms with van der Waals surface area (Å²) in [5.41, 5.74) is 1.77. The lowest BCUT2D eigenvalue weighted by atomic mass is 9.84. The van der Waals surface area contributed by atoms with Gasteiger partial charge in [0, 0.05) is 11.1 Å². The Hall–Kier alpha value is -2.17. The lowest BCUT2D eigenvalue weighted by molar-refractivity contribution is -0.774. The molecule has 0 saturated carbocycles. The Morgan fingerprint density at radius 1 is 1.05 bits per heavy atom. The van der Waals surface area contributed by atoms with Crippen LogP contribution in [0.3, 0.4) is 0 Å². The van der Waals surface area contributed by atoms with Gasteiger partial charge >= 0.3 is 5.91 Å². The SMILES string of the molecule is C[N+]1([O-])CC2c3ccccc3Oc3ccccc3C2C1=O. The zero-order chi connectivity index (χ0) is 14.6. The van der Waals surface area contributed by atoms with Crippen molar-refractivity contribution in [2.24, 2.45) is 0 Å². The summed E-state index contributed by atoms with van der Waals surface area (Å²) in [7, 11) is 1.45. The molecule has 3 atom stereocenters. The van der Waals surface area contributed by atoms with Gasteiger partial charge in [0.15, 0.2) is 0 Å². The minimum absolute atomic E-state index is 0.125. The monoisotopic (exact) mass is 281 g/mol. The number of fused-ring (bicyclic) bond motifs is 5. The number of benzene rings is 2. The van der Waals surface area contributed by atoms with E-state index in [9.17, 15) is 10.0 Å². The number of carbonyl (C=O) groups excluding carboxylic acids is 1. The maximum atomic E-state index is 12.6. The molecule has 4 heteroatoms. The summed E-state index contributed by atoms with van der Waals surface area (Å²) >= 11 is 0. The number of para-hydroxylation sites is 2. The van der Waals surface area contributed by atoms with Crippen LogP contribution in [0.25, 0.3) is 0 Å². The second-order valence-electron chi connectivity index (χ2n) is 5.88. The van der Waals surface area contributed by atoms with Gasteiger partial charge in [-0.2, -0.15) is 0 Å². The Morgan fingerprint density at radius 2 is 1.62 bits per heavy atom. The molecule has 1 fully saturated rings. The number of amides is 1. The second-order valence-corrected chi connectivity index (χ2v) is 5.88. The molecule has 0 bridgehead atoms. The number of hydrogen-bond acceptors (Lipinski definition) is 3. The standard InChI is InChI=1S/C17H15NO3/c1-18(20)10-13-11-6-2-4-8-14(11)21-15-9-5-3-7-12(15)16(13)17(18)19/h2-9,13,16H,10H2,1H3. The van der Waals surface area contributed by atoms with Gasteiger partial charge in [-0.3, -0.25) is 4.65 Å². The molecule has 2 aliphatic heterocycles. The van der Waals surface area contributed by atoms with E-state index < -0.39 is 10.6 Å². The van der Waals surface area contributed by atoms with Gasteiger partial charge < -0.3 is 9.94 Å². The second kappa shape index (κ2) is 4.16. The van der Waals surface area contributed by atoms with Crippen molar-refractivity contribution in [3.8, 4) is 11.5 Å². The van der Waals surface area contributed by atoms with Crippen LogP contribution in [-0.2, 0) is 4.79 Å². The van der Waals surface area contributed by atoms with E-state index in [1.807, 2.05) is 48.5 Å². The van der Waals surface area contributed by atoms with Crippen molar-refractivity contribution in [2.75, 3.05) is 13.6 Å². The van der Waals surface area contributed by atoms with E-state index in [4.69, 9.17) is 4.74 Å². The van der Waals surface area contributed by atoms with E-state index >= 15 is 0 Å². The van der Waals surface area contributed by atoms with E-state index in [1.165, 1.54) is 7.05 Å². The Bertz CT molecular complexity index is 738. The van der Waals surface area contributed by atoms with Gasteiger partial charge in [0.2, 0.25) is 0 Å². The zero-order valence-corrected chi connectivity index (χ0v) is 11.7. The molecule has 0 N–H and O–H groups in total. The molecule has 21 heavy (non-hydrogen) atoms. The average Bonchev–Trinajstić information content (AvgIpc) is 2.64. The normalized spacial score (nSPS) is 29.9. The van der Waals surface area contributed by atoms with E-state index in [2.05, 4.69) is 0 Å². The molecule has 4 nitrogen and oxygen atoms in total. The number of ether oxygens (including phenoxy) is 1. The van der Waals surface area contributed by atoms with E-state index in [1.54, 1.807) is 0 Å². The summed E-state index contributed by atoms with van der Waals surface area (Å²) in [4.78, 5) is 12.6. The number of hydrogen-bond donors (Lipinski definition) is 0. The van der Waals surface area contributed by atoms with Gasteiger partial charge in [-0.1, -0.05) is 36.4 Å². The third-order valence-electron chi connectivity index (χ3n) is 4.47. The smallest absolute Gasteiger partial charge is 0.321 e. The highest BCUT2D eigenvalue weighted by Gasteiger charge is 2.51. The molecule has 2 heterocycles. The highest BCUT2D eigenvalue weighted by atomic mass is 16.6. The van der Waals surface area contributed by atoms with Crippen molar-refractivity contribution in [3.05, 3.63) is 64.9 Å². The molecular weight excluding hydrogens is 266 g/mol. The van der Waals surface area contributed by atoms with Crippen LogP contribution < -0.4 is 4.74 Å². The first-order valence-corrected chi connectivity index (χ1v) is 7.04. The Morgan fingerprint density at radius 3 is 2.33 bits per heavy atom. The third-order valence-corrected chi connectivity index (χ3v) is 4.47. The minimum atomic E-state index is -0.821. The van der Waals surface area contributed by atoms with Crippen molar-refractivity contribution in [2.45, 2.75) is 11.8 Å². The van der Waals surface area contributed by atoms with E-state index in [0.29, 0.717) is 5.75 Å². The van der Waals surface area contributed by atoms with Crippen LogP contribution in [-0.4, -0.2) is 24.1 Å². The molecule has 2 aromatic rings. The summed E-state index contributed by atoms with van der Waals surface area (Å²) < 4.78 is 5.17. The zero-order valence-electron chi connectivity index (χ0n) is 11.7. The summed E-state index contributed by atoms with van der Waals surface area (Å²) in [6.45, 7) is 0.262. The molecule has 106 valence electrons. The summed E-state index contributed by atoms with van der Waals surface area (Å²) in [6, 6.07) is 15.2. The molecule has 0 aromatic heterocycles. The summed E-state index contributed by atoms with van der Waals surface area (Å²) in [5.74, 6) is 0.583. The number of hydroxylamine groups is 3. The highest BCUT2D eigenvalue weighted by Crippen LogP contribution is 2.51. The third kappa shape index (κ3) is 1.73. The number of likely N-dealkylation sites (N-methyl/N-ethyl adjacent to an activating group) is 1. The van der Waals surface area contributed by atoms with Crippen LogP contribution in [0.4, 0.5) is 0 Å². The first kappa shape index (κ1) is 12.6. The molecular formula is C17H15NO3. The number of rotatable bonds is 0. The lowest BCUT2D eigenvalue weighted by Crippen LogP contribution is -2.39. The molecule has 1 saturated heterocycles. The van der Waals surface area contributed by atoms with Crippen LogP contribution in [0.15, 0.2) is 48.5 Å². The lowest BCUT2D eigenvalue weighted by Gasteiger charge is -2.31. The van der Waals surface area contributed by atoms with Gasteiger partial charge in [0.05, 0.1) is 19.5 Å². The average molecular weight is 281 g/mol. The van der Waals surface area contributed by atoms with Gasteiger partial charge in [-0.15, -0.1) is 0 Å². The molecule has 0 aliphatic carbocycles. The fourth-order valence-electron chi connectivity index (χ4n) is 3.49. The summed E-state index contributed by atoms with van der Waals surface area (Å²) in [5, 5.41) is 12.5. The summed E-state index contributed by atoms with van der Waals surface area (Å²) in [6.07, 6.45) is 0. The Balaban J connectivity index is 1.99. The predicted octanol–water partition coefficient (Wildman–Crippen LogP) is 3.14. The van der Waals surface area contributed by atoms with Crippen molar-refractivity contribution >= 4 is 5.91 Å². The van der Waals surface area contributed by atoms with Gasteiger partial charge in [0.25, 0.3) is 0 Å². The van der Waals surface area contributed by atoms with Gasteiger partial charge in [-0.05, 0) is 12.1 Å². The van der Waals surface area contributed by atoms with Crippen LogP contribution in [0.5, 0.6) is 11.5 Å². The van der Waals surface area contributed by atoms with Crippen LogP contribution in [0.1, 0.15) is 23.0 Å². The van der Waals surface area contributed by atoms with Crippen LogP contribution >= 0.6 is 0 Å². The Kier molecular flexibility index (Phi) is 2.49. The largest absolute Gasteiger partial charge is 0.625 e. The maximum absolute atomic E-state index is 12.6. The molecule has 3 unspecified atom stereocenters. The van der Waals surface area contributed by atoms with Crippen LogP contribution in [0, 0.1) is 5.21 Å². The highest BCUT2D eigenvalue weighted by molar-refractivity contribution is 5.83. The molecule has 0 radical (unpaired) electrons. The fourth-order valence-corrected chi connectivity index (χ4v) is 3.49. The number of quaternary nitrogens is 1. The quantitative estimate of drug-likeness (QED) is 0.550. The molecule has 1 amide bonds. The number of likely N-dealkylation sites (tertiary alicyclic amines) is 1. The first-order valence-electron chi connectivity index (χ1n) is 7.04. The molecule has 2 aliphatic rings. The van der Waals surface area contributed by atoms with E-state index in [-0.39, 0.29) is 18.4 Å². The van der Waals surface area contributed by atoms with Crippen molar-refractivity contribution in [1.82, 2.24) is 0 Å². The predicted molar refractivity (Wildman–Crippen MR) is 77.9 cm³/mol. The van der Waals surface area contributed by atoms with Crippen LogP contribution in [0.2, 0.25) is 0 Å². The first-order chi connectivity index (χ1) is 10.1. The number of carbonyl (C=O) groups is 1. The van der Waals surface area contributed by atoms with E-state index in [0.717, 1.165) is 16.9 Å². The molecule has 0 spiro atoms. The van der Waals surface area contributed by atoms with Crippen molar-refractivity contribution < 1.29 is 14.2 Å². The minimum Gasteiger partial charge on any atom is -0.625 e. The maximum Gasteiger partial charge on any atom is 0.321 e. The number of nitrogens with zero attached hydrogens (tertiary/aromatic N) is 1. The fraction of sp³-hybridized carbons (Fsp3) is 0.235. The van der Waals surface area contributed by atoms with Crippen molar-refractivity contribution in [3.63, 3.8) is 0 Å². The molecule has 2 aromatic carbocycles. The van der Waals surface area contributed by atoms with Gasteiger partial charge in [-0.25, -0.2) is 4.79 Å².